The Kier molecular flexibility index (Phi) is 4.00. The Morgan fingerprint density at radius 3 is 2.45 bits per heavy atom. The topological polar surface area (TPSA) is 64.0 Å². The van der Waals surface area contributed by atoms with E-state index in [2.05, 4.69) is 9.82 Å². The second-order valence-corrected chi connectivity index (χ2v) is 6.82. The molecule has 0 aliphatic carbocycles. The van der Waals surface area contributed by atoms with Gasteiger partial charge in [-0.25, -0.2) is 8.42 Å². The molecule has 0 fully saturated rings. The molecular formula is C12H13Cl2N3O2S. The van der Waals surface area contributed by atoms with E-state index in [4.69, 9.17) is 23.2 Å². The SMILES string of the molecule is Cc1nn(C)c(C)c1S(=O)(=O)Nc1cc(Cl)ccc1Cl. The molecule has 0 aliphatic heterocycles. The number of aryl methyl sites for hydroxylation is 2. The highest BCUT2D eigenvalue weighted by molar-refractivity contribution is 7.92. The third-order valence-corrected chi connectivity index (χ3v) is 5.07. The van der Waals surface area contributed by atoms with Gasteiger partial charge in [0.05, 0.1) is 22.1 Å². The van der Waals surface area contributed by atoms with Crippen LogP contribution in [-0.4, -0.2) is 18.2 Å². The van der Waals surface area contributed by atoms with Crippen molar-refractivity contribution >= 4 is 38.9 Å². The van der Waals surface area contributed by atoms with Crippen molar-refractivity contribution < 1.29 is 8.42 Å². The third-order valence-electron chi connectivity index (χ3n) is 2.88. The maximum atomic E-state index is 12.5. The van der Waals surface area contributed by atoms with E-state index < -0.39 is 10.0 Å². The largest absolute Gasteiger partial charge is 0.278 e. The molecule has 0 spiro atoms. The van der Waals surface area contributed by atoms with Crippen LogP contribution in [0.2, 0.25) is 10.0 Å². The van der Waals surface area contributed by atoms with E-state index in [0.717, 1.165) is 0 Å². The Hall–Kier alpha value is -1.24. The Labute approximate surface area is 127 Å². The number of halogens is 2. The summed E-state index contributed by atoms with van der Waals surface area (Å²) in [4.78, 5) is 0.149. The first-order valence-electron chi connectivity index (χ1n) is 5.70. The van der Waals surface area contributed by atoms with Crippen LogP contribution in [0.3, 0.4) is 0 Å². The second kappa shape index (κ2) is 5.27. The summed E-state index contributed by atoms with van der Waals surface area (Å²) < 4.78 is 28.9. The highest BCUT2D eigenvalue weighted by atomic mass is 35.5. The highest BCUT2D eigenvalue weighted by Crippen LogP contribution is 2.29. The van der Waals surface area contributed by atoms with Gasteiger partial charge in [0, 0.05) is 12.1 Å². The fourth-order valence-corrected chi connectivity index (χ4v) is 3.82. The predicted molar refractivity (Wildman–Crippen MR) is 80.0 cm³/mol. The van der Waals surface area contributed by atoms with Gasteiger partial charge in [0.1, 0.15) is 4.90 Å². The second-order valence-electron chi connectivity index (χ2n) is 4.35. The van der Waals surface area contributed by atoms with Crippen LogP contribution >= 0.6 is 23.2 Å². The number of sulfonamides is 1. The van der Waals surface area contributed by atoms with Gasteiger partial charge in [-0.05, 0) is 32.0 Å². The maximum absolute atomic E-state index is 12.5. The van der Waals surface area contributed by atoms with Crippen LogP contribution in [0.4, 0.5) is 5.69 Å². The summed E-state index contributed by atoms with van der Waals surface area (Å²) in [5.74, 6) is 0. The lowest BCUT2D eigenvalue weighted by molar-refractivity contribution is 0.599. The minimum Gasteiger partial charge on any atom is -0.278 e. The van der Waals surface area contributed by atoms with Gasteiger partial charge < -0.3 is 0 Å². The van der Waals surface area contributed by atoms with E-state index in [9.17, 15) is 8.42 Å². The lowest BCUT2D eigenvalue weighted by Gasteiger charge is -2.10. The molecule has 0 amide bonds. The van der Waals surface area contributed by atoms with Crippen molar-refractivity contribution in [3.8, 4) is 0 Å². The van der Waals surface area contributed by atoms with Crippen LogP contribution in [-0.2, 0) is 17.1 Å². The molecule has 1 heterocycles. The van der Waals surface area contributed by atoms with E-state index in [1.165, 1.54) is 16.8 Å². The Bertz CT molecular complexity index is 769. The van der Waals surface area contributed by atoms with Crippen LogP contribution in [0.5, 0.6) is 0 Å². The lowest BCUT2D eigenvalue weighted by atomic mass is 10.3. The van der Waals surface area contributed by atoms with E-state index in [1.54, 1.807) is 27.0 Å². The molecule has 0 bridgehead atoms. The third kappa shape index (κ3) is 2.77. The maximum Gasteiger partial charge on any atom is 0.265 e. The first-order chi connectivity index (χ1) is 9.22. The molecule has 0 unspecified atom stereocenters. The van der Waals surface area contributed by atoms with Crippen molar-refractivity contribution in [1.82, 2.24) is 9.78 Å². The summed E-state index contributed by atoms with van der Waals surface area (Å²) >= 11 is 11.8. The van der Waals surface area contributed by atoms with E-state index in [1.807, 2.05) is 0 Å². The van der Waals surface area contributed by atoms with Crippen LogP contribution in [0, 0.1) is 13.8 Å². The van der Waals surface area contributed by atoms with Gasteiger partial charge in [0.25, 0.3) is 10.0 Å². The zero-order valence-electron chi connectivity index (χ0n) is 11.1. The Balaban J connectivity index is 2.49. The van der Waals surface area contributed by atoms with Crippen molar-refractivity contribution in [2.75, 3.05) is 4.72 Å². The zero-order valence-corrected chi connectivity index (χ0v) is 13.4. The number of hydrogen-bond donors (Lipinski definition) is 1. The molecule has 1 aromatic carbocycles. The monoisotopic (exact) mass is 333 g/mol. The van der Waals surface area contributed by atoms with Crippen molar-refractivity contribution in [3.63, 3.8) is 0 Å². The highest BCUT2D eigenvalue weighted by Gasteiger charge is 2.24. The van der Waals surface area contributed by atoms with Crippen molar-refractivity contribution in [2.24, 2.45) is 7.05 Å². The molecular weight excluding hydrogens is 321 g/mol. The predicted octanol–water partition coefficient (Wildman–Crippen LogP) is 3.14. The van der Waals surface area contributed by atoms with Gasteiger partial charge in [-0.1, -0.05) is 23.2 Å². The molecule has 0 saturated heterocycles. The molecule has 0 aliphatic rings. The molecule has 108 valence electrons. The number of nitrogens with zero attached hydrogens (tertiary/aromatic N) is 2. The molecule has 5 nitrogen and oxygen atoms in total. The standard InChI is InChI=1S/C12H13Cl2N3O2S/c1-7-12(8(2)17(3)15-7)20(18,19)16-11-6-9(13)4-5-10(11)14/h4-6,16H,1-3H3. The van der Waals surface area contributed by atoms with Crippen LogP contribution in [0.15, 0.2) is 23.1 Å². The Morgan fingerprint density at radius 1 is 1.25 bits per heavy atom. The van der Waals surface area contributed by atoms with Crippen molar-refractivity contribution in [1.29, 1.82) is 0 Å². The van der Waals surface area contributed by atoms with Gasteiger partial charge >= 0.3 is 0 Å². The van der Waals surface area contributed by atoms with Gasteiger partial charge in [0.15, 0.2) is 0 Å². The number of benzene rings is 1. The van der Waals surface area contributed by atoms with Gasteiger partial charge in [-0.3, -0.25) is 9.40 Å². The van der Waals surface area contributed by atoms with Gasteiger partial charge in [-0.15, -0.1) is 0 Å². The molecule has 8 heteroatoms. The van der Waals surface area contributed by atoms with E-state index in [-0.39, 0.29) is 15.6 Å². The summed E-state index contributed by atoms with van der Waals surface area (Å²) in [6.45, 7) is 3.33. The van der Waals surface area contributed by atoms with E-state index in [0.29, 0.717) is 16.4 Å². The van der Waals surface area contributed by atoms with E-state index >= 15 is 0 Å². The summed E-state index contributed by atoms with van der Waals surface area (Å²) in [6, 6.07) is 4.58. The molecule has 1 aromatic heterocycles. The summed E-state index contributed by atoms with van der Waals surface area (Å²) in [6.07, 6.45) is 0. The molecule has 1 N–H and O–H groups in total. The summed E-state index contributed by atoms with van der Waals surface area (Å²) in [5.41, 5.74) is 1.21. The molecule has 2 aromatic rings. The minimum absolute atomic E-state index is 0.149. The molecule has 0 radical (unpaired) electrons. The zero-order chi connectivity index (χ0) is 15.1. The summed E-state index contributed by atoms with van der Waals surface area (Å²) in [7, 11) is -2.08. The lowest BCUT2D eigenvalue weighted by Crippen LogP contribution is -2.15. The first-order valence-corrected chi connectivity index (χ1v) is 7.94. The van der Waals surface area contributed by atoms with Crippen molar-refractivity contribution in [2.45, 2.75) is 18.7 Å². The average molecular weight is 334 g/mol. The number of nitrogens with one attached hydrogen (secondary N) is 1. The molecule has 0 saturated carbocycles. The first kappa shape index (κ1) is 15.2. The quantitative estimate of drug-likeness (QED) is 0.938. The van der Waals surface area contributed by atoms with Gasteiger partial charge in [-0.2, -0.15) is 5.10 Å². The fourth-order valence-electron chi connectivity index (χ4n) is 1.91. The molecule has 20 heavy (non-hydrogen) atoms. The summed E-state index contributed by atoms with van der Waals surface area (Å²) in [5, 5.41) is 4.77. The normalized spacial score (nSPS) is 11.7. The van der Waals surface area contributed by atoms with Crippen LogP contribution < -0.4 is 4.72 Å². The number of anilines is 1. The fraction of sp³-hybridized carbons (Fsp3) is 0.250. The average Bonchev–Trinajstić information content (AvgIpc) is 2.58. The number of rotatable bonds is 3. The smallest absolute Gasteiger partial charge is 0.265 e. The van der Waals surface area contributed by atoms with Gasteiger partial charge in [0.2, 0.25) is 0 Å². The minimum atomic E-state index is -3.77. The molecule has 2 rings (SSSR count). The molecule has 0 atom stereocenters. The van der Waals surface area contributed by atoms with Crippen molar-refractivity contribution in [3.05, 3.63) is 39.6 Å². The number of hydrogen-bond acceptors (Lipinski definition) is 3. The number of aromatic nitrogens is 2. The Morgan fingerprint density at radius 2 is 1.90 bits per heavy atom. The van der Waals surface area contributed by atoms with Crippen LogP contribution in [0.25, 0.3) is 0 Å². The van der Waals surface area contributed by atoms with Crippen LogP contribution in [0.1, 0.15) is 11.4 Å².